The minimum absolute atomic E-state index is 0.909. The zero-order chi connectivity index (χ0) is 6.77. The van der Waals surface area contributed by atoms with Crippen LogP contribution in [0, 0.1) is 23.2 Å². The van der Waals surface area contributed by atoms with Crippen LogP contribution in [0.2, 0.25) is 0 Å². The van der Waals surface area contributed by atoms with E-state index in [1.165, 1.54) is 11.8 Å². The molecule has 3 atom stereocenters. The lowest BCUT2D eigenvalue weighted by atomic mass is 9.77. The summed E-state index contributed by atoms with van der Waals surface area (Å²) in [6, 6.07) is 0. The van der Waals surface area contributed by atoms with Gasteiger partial charge in [-0.1, -0.05) is 6.92 Å². The molecule has 0 heterocycles. The van der Waals surface area contributed by atoms with Crippen molar-refractivity contribution in [2.45, 2.75) is 39.0 Å². The number of hydrogen-bond acceptors (Lipinski definition) is 0. The Balaban J connectivity index is 1.82. The molecule has 0 bridgehead atoms. The van der Waals surface area contributed by atoms with Crippen LogP contribution in [-0.2, 0) is 0 Å². The molecule has 0 radical (unpaired) electrons. The maximum absolute atomic E-state index is 2.45. The Kier molecular flexibility index (Phi) is 0.810. The average Bonchev–Trinajstić information content (AvgIpc) is 2.43. The van der Waals surface area contributed by atoms with E-state index in [1.54, 1.807) is 32.1 Å². The monoisotopic (exact) mass is 136 g/mol. The van der Waals surface area contributed by atoms with E-state index in [1.807, 2.05) is 0 Å². The molecule has 3 aliphatic rings. The van der Waals surface area contributed by atoms with Gasteiger partial charge in [0.05, 0.1) is 0 Å². The second-order valence-electron chi connectivity index (χ2n) is 4.97. The summed E-state index contributed by atoms with van der Waals surface area (Å²) in [5, 5.41) is 0. The summed E-state index contributed by atoms with van der Waals surface area (Å²) in [6.45, 7) is 2.45. The van der Waals surface area contributed by atoms with E-state index in [4.69, 9.17) is 0 Å². The van der Waals surface area contributed by atoms with Crippen molar-refractivity contribution in [2.24, 2.45) is 23.2 Å². The van der Waals surface area contributed by atoms with Crippen molar-refractivity contribution >= 4 is 0 Å². The highest BCUT2D eigenvalue weighted by atomic mass is 14.6. The van der Waals surface area contributed by atoms with Crippen molar-refractivity contribution in [1.29, 1.82) is 0 Å². The molecule has 0 amide bonds. The molecule has 3 fully saturated rings. The van der Waals surface area contributed by atoms with Gasteiger partial charge in [0.1, 0.15) is 0 Å². The summed E-state index contributed by atoms with van der Waals surface area (Å²) in [4.78, 5) is 0. The van der Waals surface area contributed by atoms with Crippen LogP contribution in [0.5, 0.6) is 0 Å². The fourth-order valence-corrected chi connectivity index (χ4v) is 3.42. The van der Waals surface area contributed by atoms with Gasteiger partial charge in [-0.15, -0.1) is 0 Å². The lowest BCUT2D eigenvalue weighted by Gasteiger charge is -2.29. The van der Waals surface area contributed by atoms with Crippen molar-refractivity contribution in [3.8, 4) is 0 Å². The van der Waals surface area contributed by atoms with Crippen molar-refractivity contribution < 1.29 is 0 Å². The highest BCUT2D eigenvalue weighted by molar-refractivity contribution is 5.09. The summed E-state index contributed by atoms with van der Waals surface area (Å²) >= 11 is 0. The Morgan fingerprint density at radius 1 is 1.00 bits per heavy atom. The van der Waals surface area contributed by atoms with E-state index in [9.17, 15) is 0 Å². The zero-order valence-corrected chi connectivity index (χ0v) is 6.77. The smallest absolute Gasteiger partial charge is 0.0263 e. The highest BCUT2D eigenvalue weighted by Crippen LogP contribution is 2.69. The van der Waals surface area contributed by atoms with E-state index in [0.717, 1.165) is 11.3 Å². The topological polar surface area (TPSA) is 0 Å². The molecule has 0 aliphatic heterocycles. The van der Waals surface area contributed by atoms with E-state index >= 15 is 0 Å². The Bertz CT molecular complexity index is 159. The van der Waals surface area contributed by atoms with Crippen molar-refractivity contribution in [3.63, 3.8) is 0 Å². The summed E-state index contributed by atoms with van der Waals surface area (Å²) in [6.07, 6.45) is 7.93. The number of fused-ring (bicyclic) bond motifs is 1. The molecule has 0 N–H and O–H groups in total. The Morgan fingerprint density at radius 2 is 1.50 bits per heavy atom. The van der Waals surface area contributed by atoms with Gasteiger partial charge in [-0.05, 0) is 55.3 Å². The lowest BCUT2D eigenvalue weighted by Crippen LogP contribution is -2.18. The molecule has 0 saturated heterocycles. The van der Waals surface area contributed by atoms with Crippen LogP contribution in [0.3, 0.4) is 0 Å². The highest BCUT2D eigenvalue weighted by Gasteiger charge is 2.59. The standard InChI is InChI=1S/C10H16/c1-7-4-10(7)5-8-2-3-9(8)6-10/h7-9H,2-6H2,1H3. The van der Waals surface area contributed by atoms with Gasteiger partial charge in [-0.3, -0.25) is 0 Å². The molecule has 3 unspecified atom stereocenters. The van der Waals surface area contributed by atoms with Crippen LogP contribution in [0.1, 0.15) is 39.0 Å². The van der Waals surface area contributed by atoms with Crippen LogP contribution >= 0.6 is 0 Å². The molecule has 0 aromatic heterocycles. The number of hydrogen-bond donors (Lipinski definition) is 0. The minimum Gasteiger partial charge on any atom is -0.0620 e. The van der Waals surface area contributed by atoms with Crippen LogP contribution in [0.25, 0.3) is 0 Å². The van der Waals surface area contributed by atoms with Gasteiger partial charge in [-0.2, -0.15) is 0 Å². The SMILES string of the molecule is CC1CC12CC1CCC1C2. The normalized spacial score (nSPS) is 63.9. The van der Waals surface area contributed by atoms with Crippen LogP contribution in [0.4, 0.5) is 0 Å². The predicted octanol–water partition coefficient (Wildman–Crippen LogP) is 2.83. The molecule has 0 aromatic carbocycles. The first-order chi connectivity index (χ1) is 4.80. The summed E-state index contributed by atoms with van der Waals surface area (Å²) in [5.74, 6) is 3.47. The molecule has 0 nitrogen and oxygen atoms in total. The Labute approximate surface area is 63.0 Å². The van der Waals surface area contributed by atoms with Gasteiger partial charge >= 0.3 is 0 Å². The second kappa shape index (κ2) is 1.44. The lowest BCUT2D eigenvalue weighted by molar-refractivity contribution is 0.219. The fourth-order valence-electron chi connectivity index (χ4n) is 3.42. The molecule has 3 aliphatic carbocycles. The molecule has 10 heavy (non-hydrogen) atoms. The van der Waals surface area contributed by atoms with E-state index in [0.29, 0.717) is 0 Å². The predicted molar refractivity (Wildman–Crippen MR) is 41.7 cm³/mol. The summed E-state index contributed by atoms with van der Waals surface area (Å²) in [7, 11) is 0. The maximum Gasteiger partial charge on any atom is -0.0263 e. The quantitative estimate of drug-likeness (QED) is 0.480. The third-order valence-electron chi connectivity index (χ3n) is 4.51. The molecule has 0 heteroatoms. The Hall–Kier alpha value is 0. The van der Waals surface area contributed by atoms with Gasteiger partial charge in [0.15, 0.2) is 0 Å². The molecule has 3 rings (SSSR count). The summed E-state index contributed by atoms with van der Waals surface area (Å²) in [5.41, 5.74) is 0.909. The van der Waals surface area contributed by atoms with Gasteiger partial charge in [0.2, 0.25) is 0 Å². The molecular weight excluding hydrogens is 120 g/mol. The van der Waals surface area contributed by atoms with E-state index < -0.39 is 0 Å². The first-order valence-electron chi connectivity index (χ1n) is 4.80. The van der Waals surface area contributed by atoms with E-state index in [2.05, 4.69) is 6.92 Å². The number of rotatable bonds is 0. The molecule has 3 saturated carbocycles. The first-order valence-corrected chi connectivity index (χ1v) is 4.80. The largest absolute Gasteiger partial charge is 0.0620 e. The molecule has 1 spiro atoms. The molecular formula is C10H16. The molecule has 0 aromatic rings. The zero-order valence-electron chi connectivity index (χ0n) is 6.77. The van der Waals surface area contributed by atoms with Crippen LogP contribution < -0.4 is 0 Å². The third kappa shape index (κ3) is 0.500. The fraction of sp³-hybridized carbons (Fsp3) is 1.00. The van der Waals surface area contributed by atoms with Crippen molar-refractivity contribution in [2.75, 3.05) is 0 Å². The molecule has 56 valence electrons. The van der Waals surface area contributed by atoms with Gasteiger partial charge in [-0.25, -0.2) is 0 Å². The Morgan fingerprint density at radius 3 is 1.80 bits per heavy atom. The van der Waals surface area contributed by atoms with Gasteiger partial charge in [0.25, 0.3) is 0 Å². The van der Waals surface area contributed by atoms with Gasteiger partial charge < -0.3 is 0 Å². The maximum atomic E-state index is 2.45. The van der Waals surface area contributed by atoms with Crippen molar-refractivity contribution in [3.05, 3.63) is 0 Å². The van der Waals surface area contributed by atoms with E-state index in [-0.39, 0.29) is 0 Å². The first kappa shape index (κ1) is 5.62. The van der Waals surface area contributed by atoms with Crippen molar-refractivity contribution in [1.82, 2.24) is 0 Å². The van der Waals surface area contributed by atoms with Gasteiger partial charge in [0, 0.05) is 0 Å². The average molecular weight is 136 g/mol. The van der Waals surface area contributed by atoms with Crippen LogP contribution in [-0.4, -0.2) is 0 Å². The van der Waals surface area contributed by atoms with Crippen LogP contribution in [0.15, 0.2) is 0 Å². The second-order valence-corrected chi connectivity index (χ2v) is 4.97. The third-order valence-corrected chi connectivity index (χ3v) is 4.51. The summed E-state index contributed by atoms with van der Waals surface area (Å²) < 4.78 is 0. The minimum atomic E-state index is 0.909.